The maximum Gasteiger partial charge on any atom is 0.247 e. The van der Waals surface area contributed by atoms with Gasteiger partial charge in [0.2, 0.25) is 11.8 Å². The highest BCUT2D eigenvalue weighted by atomic mass is 16.5. The summed E-state index contributed by atoms with van der Waals surface area (Å²) in [5.74, 6) is -0.0517. The van der Waals surface area contributed by atoms with Crippen molar-refractivity contribution in [1.82, 2.24) is 10.2 Å². The van der Waals surface area contributed by atoms with Gasteiger partial charge in [0, 0.05) is 19.2 Å². The van der Waals surface area contributed by atoms with Gasteiger partial charge in [-0.2, -0.15) is 0 Å². The molecule has 0 spiro atoms. The third-order valence-corrected chi connectivity index (χ3v) is 3.71. The van der Waals surface area contributed by atoms with Crippen molar-refractivity contribution in [2.45, 2.75) is 51.1 Å². The molecule has 2 fully saturated rings. The Hall–Kier alpha value is -0.940. The highest BCUT2D eigenvalue weighted by Crippen LogP contribution is 2.27. The summed E-state index contributed by atoms with van der Waals surface area (Å²) in [6.07, 6.45) is 4.52. The van der Waals surface area contributed by atoms with Crippen LogP contribution in [-0.2, 0) is 14.3 Å². The number of likely N-dealkylation sites (tertiary alicyclic amines) is 1. The molecule has 2 amide bonds. The molecule has 0 aromatic carbocycles. The molecule has 1 aliphatic carbocycles. The average molecular weight is 254 g/mol. The highest BCUT2D eigenvalue weighted by Gasteiger charge is 2.42. The number of nitrogens with one attached hydrogen (secondary N) is 1. The van der Waals surface area contributed by atoms with Crippen LogP contribution in [0.4, 0.5) is 0 Å². The van der Waals surface area contributed by atoms with Gasteiger partial charge in [-0.1, -0.05) is 12.8 Å². The zero-order valence-corrected chi connectivity index (χ0v) is 11.0. The smallest absolute Gasteiger partial charge is 0.247 e. The lowest BCUT2D eigenvalue weighted by atomic mass is 10.2. The molecular formula is C13H22N2O3. The molecule has 1 N–H and O–H groups in total. The zero-order valence-electron chi connectivity index (χ0n) is 11.0. The molecule has 1 atom stereocenters. The molecule has 0 aromatic rings. The summed E-state index contributed by atoms with van der Waals surface area (Å²) in [7, 11) is 0. The van der Waals surface area contributed by atoms with Gasteiger partial charge in [-0.05, 0) is 19.8 Å². The molecule has 18 heavy (non-hydrogen) atoms. The minimum absolute atomic E-state index is 0.0131. The molecule has 1 heterocycles. The fraction of sp³-hybridized carbons (Fsp3) is 0.846. The predicted molar refractivity (Wildman–Crippen MR) is 67.0 cm³/mol. The lowest BCUT2D eigenvalue weighted by Crippen LogP contribution is -2.43. The summed E-state index contributed by atoms with van der Waals surface area (Å²) in [5.41, 5.74) is 0. The fourth-order valence-electron chi connectivity index (χ4n) is 2.81. The van der Waals surface area contributed by atoms with Crippen LogP contribution in [0.1, 0.15) is 39.0 Å². The molecule has 1 saturated heterocycles. The molecule has 1 unspecified atom stereocenters. The van der Waals surface area contributed by atoms with Crippen LogP contribution in [0.5, 0.6) is 0 Å². The molecule has 0 radical (unpaired) electrons. The first-order valence-electron chi connectivity index (χ1n) is 6.91. The van der Waals surface area contributed by atoms with E-state index in [4.69, 9.17) is 4.74 Å². The van der Waals surface area contributed by atoms with Gasteiger partial charge in [-0.25, -0.2) is 0 Å². The largest absolute Gasteiger partial charge is 0.380 e. The number of carbonyl (C=O) groups is 2. The molecule has 0 aromatic heterocycles. The van der Waals surface area contributed by atoms with E-state index in [9.17, 15) is 9.59 Å². The van der Waals surface area contributed by atoms with Gasteiger partial charge in [0.1, 0.15) is 0 Å². The Morgan fingerprint density at radius 2 is 2.06 bits per heavy atom. The van der Waals surface area contributed by atoms with Crippen molar-refractivity contribution in [2.75, 3.05) is 19.8 Å². The van der Waals surface area contributed by atoms with E-state index in [1.165, 1.54) is 4.90 Å². The molecular weight excluding hydrogens is 232 g/mol. The van der Waals surface area contributed by atoms with Gasteiger partial charge in [-0.3, -0.25) is 14.5 Å². The van der Waals surface area contributed by atoms with E-state index >= 15 is 0 Å². The van der Waals surface area contributed by atoms with Gasteiger partial charge in [-0.15, -0.1) is 0 Å². The van der Waals surface area contributed by atoms with Crippen LogP contribution in [0, 0.1) is 0 Å². The summed E-state index contributed by atoms with van der Waals surface area (Å²) in [4.78, 5) is 25.6. The molecule has 0 bridgehead atoms. The first-order valence-corrected chi connectivity index (χ1v) is 6.91. The number of carbonyl (C=O) groups excluding carboxylic acids is 2. The van der Waals surface area contributed by atoms with Crippen molar-refractivity contribution in [1.29, 1.82) is 0 Å². The number of hydrogen-bond acceptors (Lipinski definition) is 4. The van der Waals surface area contributed by atoms with E-state index in [1.54, 1.807) is 0 Å². The lowest BCUT2D eigenvalue weighted by Gasteiger charge is -2.22. The second kappa shape index (κ2) is 6.29. The van der Waals surface area contributed by atoms with Crippen LogP contribution < -0.4 is 5.32 Å². The molecule has 2 rings (SSSR count). The summed E-state index contributed by atoms with van der Waals surface area (Å²) < 4.78 is 5.21. The summed E-state index contributed by atoms with van der Waals surface area (Å²) in [6, 6.07) is -0.178. The Labute approximate surface area is 108 Å². The normalized spacial score (nSPS) is 25.4. The van der Waals surface area contributed by atoms with Crippen LogP contribution in [0.15, 0.2) is 0 Å². The van der Waals surface area contributed by atoms with E-state index < -0.39 is 0 Å². The van der Waals surface area contributed by atoms with Crippen LogP contribution in [0.2, 0.25) is 0 Å². The van der Waals surface area contributed by atoms with Crippen molar-refractivity contribution < 1.29 is 14.3 Å². The van der Waals surface area contributed by atoms with Crippen molar-refractivity contribution >= 4 is 11.8 Å². The fourth-order valence-corrected chi connectivity index (χ4v) is 2.81. The van der Waals surface area contributed by atoms with E-state index in [-0.39, 0.29) is 23.9 Å². The summed E-state index contributed by atoms with van der Waals surface area (Å²) in [5, 5.41) is 3.11. The number of imide groups is 1. The monoisotopic (exact) mass is 254 g/mol. The maximum absolute atomic E-state index is 12.2. The van der Waals surface area contributed by atoms with Crippen LogP contribution in [0.25, 0.3) is 0 Å². The third-order valence-electron chi connectivity index (χ3n) is 3.71. The van der Waals surface area contributed by atoms with E-state index in [1.807, 2.05) is 6.92 Å². The molecule has 102 valence electrons. The second-order valence-electron chi connectivity index (χ2n) is 4.95. The van der Waals surface area contributed by atoms with E-state index in [0.717, 1.165) is 25.7 Å². The van der Waals surface area contributed by atoms with Gasteiger partial charge < -0.3 is 10.1 Å². The predicted octanol–water partition coefficient (Wildman–Crippen LogP) is 0.683. The Bertz CT molecular complexity index is 313. The van der Waals surface area contributed by atoms with Gasteiger partial charge in [0.05, 0.1) is 19.1 Å². The van der Waals surface area contributed by atoms with Crippen molar-refractivity contribution in [3.63, 3.8) is 0 Å². The van der Waals surface area contributed by atoms with Gasteiger partial charge in [0.15, 0.2) is 0 Å². The minimum atomic E-state index is -0.335. The Morgan fingerprint density at radius 1 is 1.33 bits per heavy atom. The van der Waals surface area contributed by atoms with Gasteiger partial charge >= 0.3 is 0 Å². The average Bonchev–Trinajstić information content (AvgIpc) is 2.94. The molecule has 5 nitrogen and oxygen atoms in total. The van der Waals surface area contributed by atoms with Crippen molar-refractivity contribution in [3.8, 4) is 0 Å². The lowest BCUT2D eigenvalue weighted by molar-refractivity contribution is -0.141. The van der Waals surface area contributed by atoms with E-state index in [2.05, 4.69) is 5.32 Å². The van der Waals surface area contributed by atoms with Gasteiger partial charge in [0.25, 0.3) is 0 Å². The zero-order chi connectivity index (χ0) is 13.0. The highest BCUT2D eigenvalue weighted by molar-refractivity contribution is 6.05. The Morgan fingerprint density at radius 3 is 2.72 bits per heavy atom. The topological polar surface area (TPSA) is 58.6 Å². The first-order chi connectivity index (χ1) is 8.74. The number of amides is 2. The Kier molecular flexibility index (Phi) is 4.72. The molecule has 2 aliphatic rings. The first kappa shape index (κ1) is 13.5. The number of nitrogens with zero attached hydrogens (tertiary/aromatic N) is 1. The maximum atomic E-state index is 12.2. The van der Waals surface area contributed by atoms with Crippen LogP contribution in [-0.4, -0.2) is 48.6 Å². The number of ether oxygens (including phenoxy) is 1. The van der Waals surface area contributed by atoms with Crippen LogP contribution >= 0.6 is 0 Å². The second-order valence-corrected chi connectivity index (χ2v) is 4.95. The number of rotatable bonds is 6. The molecule has 5 heteroatoms. The third kappa shape index (κ3) is 2.90. The minimum Gasteiger partial charge on any atom is -0.380 e. The quantitative estimate of drug-likeness (QED) is 0.559. The SMILES string of the molecule is CCOCCNC1CC(=O)N(C2CCCC2)C1=O. The Balaban J connectivity index is 1.84. The van der Waals surface area contributed by atoms with E-state index in [0.29, 0.717) is 26.2 Å². The molecule has 1 aliphatic heterocycles. The summed E-state index contributed by atoms with van der Waals surface area (Å²) in [6.45, 7) is 3.81. The van der Waals surface area contributed by atoms with Crippen molar-refractivity contribution in [2.24, 2.45) is 0 Å². The standard InChI is InChI=1S/C13H22N2O3/c1-2-18-8-7-14-11-9-12(16)15(13(11)17)10-5-3-4-6-10/h10-11,14H,2-9H2,1H3. The number of hydrogen-bond donors (Lipinski definition) is 1. The summed E-state index contributed by atoms with van der Waals surface area (Å²) >= 11 is 0. The van der Waals surface area contributed by atoms with Crippen LogP contribution in [0.3, 0.4) is 0 Å². The molecule has 1 saturated carbocycles. The van der Waals surface area contributed by atoms with Crippen molar-refractivity contribution in [3.05, 3.63) is 0 Å².